The molecular formula is C22H35NO2. The smallest absolute Gasteiger partial charge is 0.104 e. The first-order chi connectivity index (χ1) is 12.0. The largest absolute Gasteiger partial charge is 0.372 e. The van der Waals surface area contributed by atoms with Gasteiger partial charge < -0.3 is 9.47 Å². The van der Waals surface area contributed by atoms with E-state index in [0.717, 1.165) is 25.1 Å². The van der Waals surface area contributed by atoms with Gasteiger partial charge in [0.25, 0.3) is 0 Å². The predicted molar refractivity (Wildman–Crippen MR) is 106 cm³/mol. The van der Waals surface area contributed by atoms with Crippen LogP contribution in [0.4, 0.5) is 0 Å². The zero-order valence-electron chi connectivity index (χ0n) is 16.5. The normalized spacial score (nSPS) is 19.9. The molecule has 3 heteroatoms. The molecule has 1 aromatic rings. The van der Waals surface area contributed by atoms with Crippen LogP contribution in [0.2, 0.25) is 0 Å². The first-order valence-corrected chi connectivity index (χ1v) is 9.77. The summed E-state index contributed by atoms with van der Waals surface area (Å²) in [5.74, 6) is 0. The number of hydrogen-bond acceptors (Lipinski definition) is 3. The Morgan fingerprint density at radius 2 is 1.88 bits per heavy atom. The van der Waals surface area contributed by atoms with Crippen LogP contribution in [-0.2, 0) is 9.47 Å². The van der Waals surface area contributed by atoms with E-state index in [4.69, 9.17) is 14.5 Å². The number of epoxide rings is 1. The van der Waals surface area contributed by atoms with Crippen LogP contribution in [0.5, 0.6) is 0 Å². The van der Waals surface area contributed by atoms with Crippen molar-refractivity contribution in [1.82, 2.24) is 0 Å². The second-order valence-electron chi connectivity index (χ2n) is 8.07. The summed E-state index contributed by atoms with van der Waals surface area (Å²) in [6.07, 6.45) is 8.41. The van der Waals surface area contributed by atoms with Gasteiger partial charge in [-0.05, 0) is 18.9 Å². The molecule has 1 saturated heterocycles. The lowest BCUT2D eigenvalue weighted by atomic mass is 9.73. The maximum atomic E-state index is 6.40. The Hall–Kier alpha value is -1.19. The number of unbranched alkanes of at least 4 members (excludes halogenated alkanes) is 3. The van der Waals surface area contributed by atoms with Gasteiger partial charge in [0.2, 0.25) is 0 Å². The predicted octanol–water partition coefficient (Wildman–Crippen LogP) is 5.28. The Morgan fingerprint density at radius 1 is 1.16 bits per heavy atom. The van der Waals surface area contributed by atoms with Crippen molar-refractivity contribution in [3.8, 4) is 0 Å². The number of ether oxygens (including phenoxy) is 2. The van der Waals surface area contributed by atoms with Crippen molar-refractivity contribution in [1.29, 1.82) is 0 Å². The van der Waals surface area contributed by atoms with Crippen LogP contribution >= 0.6 is 0 Å². The highest BCUT2D eigenvalue weighted by molar-refractivity contribution is 5.79. The Balaban J connectivity index is 1.96. The zero-order valence-corrected chi connectivity index (χ0v) is 16.5. The summed E-state index contributed by atoms with van der Waals surface area (Å²) in [4.78, 5) is 4.73. The summed E-state index contributed by atoms with van der Waals surface area (Å²) in [5, 5.41) is 0. The van der Waals surface area contributed by atoms with E-state index in [9.17, 15) is 0 Å². The summed E-state index contributed by atoms with van der Waals surface area (Å²) in [5.41, 5.74) is 0.940. The highest BCUT2D eigenvalue weighted by atomic mass is 16.6. The van der Waals surface area contributed by atoms with Crippen LogP contribution in [0.1, 0.15) is 65.4 Å². The minimum absolute atomic E-state index is 0.0284. The van der Waals surface area contributed by atoms with Crippen LogP contribution in [-0.4, -0.2) is 37.7 Å². The van der Waals surface area contributed by atoms with E-state index in [1.54, 1.807) is 0 Å². The lowest BCUT2D eigenvalue weighted by Gasteiger charge is -2.43. The van der Waals surface area contributed by atoms with Crippen molar-refractivity contribution in [3.05, 3.63) is 35.9 Å². The Bertz CT molecular complexity index is 522. The van der Waals surface area contributed by atoms with Gasteiger partial charge in [-0.2, -0.15) is 0 Å². The molecule has 0 saturated carbocycles. The van der Waals surface area contributed by atoms with Crippen LogP contribution in [0, 0.1) is 5.41 Å². The summed E-state index contributed by atoms with van der Waals surface area (Å²) in [6.45, 7) is 11.4. The molecule has 0 aliphatic carbocycles. The number of hydrogen-bond donors (Lipinski definition) is 0. The van der Waals surface area contributed by atoms with Gasteiger partial charge in [-0.15, -0.1) is 0 Å². The van der Waals surface area contributed by atoms with E-state index in [-0.39, 0.29) is 11.0 Å². The first-order valence-electron chi connectivity index (χ1n) is 9.77. The van der Waals surface area contributed by atoms with E-state index < -0.39 is 0 Å². The molecule has 1 aliphatic rings. The molecule has 0 aromatic heterocycles. The highest BCUT2D eigenvalue weighted by Gasteiger charge is 2.42. The Labute approximate surface area is 153 Å². The molecule has 1 aromatic carbocycles. The third-order valence-electron chi connectivity index (χ3n) is 5.46. The van der Waals surface area contributed by atoms with Gasteiger partial charge in [-0.3, -0.25) is 4.99 Å². The van der Waals surface area contributed by atoms with Crippen molar-refractivity contribution in [2.45, 2.75) is 71.5 Å². The third kappa shape index (κ3) is 6.56. The summed E-state index contributed by atoms with van der Waals surface area (Å²) in [7, 11) is 0. The lowest BCUT2D eigenvalue weighted by Crippen LogP contribution is -2.47. The summed E-state index contributed by atoms with van der Waals surface area (Å²) >= 11 is 0. The molecule has 25 heavy (non-hydrogen) atoms. The lowest BCUT2D eigenvalue weighted by molar-refractivity contribution is -0.117. The molecular weight excluding hydrogens is 310 g/mol. The van der Waals surface area contributed by atoms with E-state index in [1.165, 1.54) is 25.7 Å². The van der Waals surface area contributed by atoms with Crippen molar-refractivity contribution in [2.75, 3.05) is 19.8 Å². The number of nitrogens with zero attached hydrogens (tertiary/aromatic N) is 1. The SMILES string of the molecule is CCCCCCC(C)(OCC1CO1)C(C)(C)CN=Cc1ccccc1. The van der Waals surface area contributed by atoms with Gasteiger partial charge >= 0.3 is 0 Å². The number of rotatable bonds is 12. The maximum Gasteiger partial charge on any atom is 0.104 e. The fraction of sp³-hybridized carbons (Fsp3) is 0.682. The average Bonchev–Trinajstić information content (AvgIpc) is 3.42. The van der Waals surface area contributed by atoms with Crippen LogP contribution in [0.25, 0.3) is 0 Å². The van der Waals surface area contributed by atoms with Gasteiger partial charge in [0.15, 0.2) is 0 Å². The molecule has 0 N–H and O–H groups in total. The molecule has 0 amide bonds. The average molecular weight is 346 g/mol. The van der Waals surface area contributed by atoms with E-state index in [0.29, 0.717) is 12.7 Å². The molecule has 2 atom stereocenters. The van der Waals surface area contributed by atoms with Crippen molar-refractivity contribution in [3.63, 3.8) is 0 Å². The standard InChI is InChI=1S/C22H35NO2/c1-5-6-7-11-14-22(4,25-17-20-16-24-20)21(2,3)18-23-15-19-12-9-8-10-13-19/h8-10,12-13,15,20H,5-7,11,14,16-18H2,1-4H3. The maximum absolute atomic E-state index is 6.40. The summed E-state index contributed by atoms with van der Waals surface area (Å²) in [6, 6.07) is 10.3. The summed E-state index contributed by atoms with van der Waals surface area (Å²) < 4.78 is 11.7. The van der Waals surface area contributed by atoms with Crippen molar-refractivity contribution in [2.24, 2.45) is 10.4 Å². The van der Waals surface area contributed by atoms with Crippen molar-refractivity contribution < 1.29 is 9.47 Å². The molecule has 140 valence electrons. The molecule has 1 aliphatic heterocycles. The van der Waals surface area contributed by atoms with Gasteiger partial charge in [-0.1, -0.05) is 76.8 Å². The van der Waals surface area contributed by atoms with Crippen LogP contribution in [0.3, 0.4) is 0 Å². The Kier molecular flexibility index (Phi) is 7.64. The van der Waals surface area contributed by atoms with Gasteiger partial charge in [0, 0.05) is 18.2 Å². The molecule has 2 rings (SSSR count). The number of aliphatic imine (C=N–C) groups is 1. The van der Waals surface area contributed by atoms with Gasteiger partial charge in [0.1, 0.15) is 6.10 Å². The molecule has 0 spiro atoms. The van der Waals surface area contributed by atoms with Crippen molar-refractivity contribution >= 4 is 6.21 Å². The first kappa shape index (κ1) is 20.1. The fourth-order valence-corrected chi connectivity index (χ4v) is 3.02. The highest BCUT2D eigenvalue weighted by Crippen LogP contribution is 2.39. The minimum Gasteiger partial charge on any atom is -0.372 e. The second kappa shape index (κ2) is 9.49. The van der Waals surface area contributed by atoms with Crippen LogP contribution < -0.4 is 0 Å². The molecule has 0 radical (unpaired) electrons. The molecule has 2 unspecified atom stereocenters. The minimum atomic E-state index is -0.180. The third-order valence-corrected chi connectivity index (χ3v) is 5.46. The molecule has 3 nitrogen and oxygen atoms in total. The molecule has 1 heterocycles. The molecule has 1 fully saturated rings. The van der Waals surface area contributed by atoms with Gasteiger partial charge in [0.05, 0.1) is 18.8 Å². The number of benzene rings is 1. The molecule has 0 bridgehead atoms. The van der Waals surface area contributed by atoms with E-state index >= 15 is 0 Å². The fourth-order valence-electron chi connectivity index (χ4n) is 3.02. The van der Waals surface area contributed by atoms with E-state index in [1.807, 2.05) is 24.4 Å². The monoisotopic (exact) mass is 345 g/mol. The Morgan fingerprint density at radius 3 is 2.52 bits per heavy atom. The van der Waals surface area contributed by atoms with E-state index in [2.05, 4.69) is 39.8 Å². The second-order valence-corrected chi connectivity index (χ2v) is 8.07. The van der Waals surface area contributed by atoms with Crippen LogP contribution in [0.15, 0.2) is 35.3 Å². The zero-order chi connectivity index (χ0) is 18.2. The van der Waals surface area contributed by atoms with Gasteiger partial charge in [-0.25, -0.2) is 0 Å². The topological polar surface area (TPSA) is 34.1 Å². The quantitative estimate of drug-likeness (QED) is 0.293.